The van der Waals surface area contributed by atoms with Gasteiger partial charge < -0.3 is 19.5 Å². The molecule has 1 atom stereocenters. The number of aromatic amines is 1. The van der Waals surface area contributed by atoms with E-state index in [2.05, 4.69) is 20.7 Å². The predicted octanol–water partition coefficient (Wildman–Crippen LogP) is 3.45. The first kappa shape index (κ1) is 22.5. The summed E-state index contributed by atoms with van der Waals surface area (Å²) >= 11 is 0. The normalized spacial score (nSPS) is 15.4. The zero-order valence-electron chi connectivity index (χ0n) is 19.4. The maximum Gasteiger partial charge on any atom is 0.411 e. The van der Waals surface area contributed by atoms with Crippen LogP contribution in [0.25, 0.3) is 0 Å². The van der Waals surface area contributed by atoms with Gasteiger partial charge in [0.25, 0.3) is 5.91 Å². The Morgan fingerprint density at radius 1 is 1.30 bits per heavy atom. The van der Waals surface area contributed by atoms with Crippen molar-refractivity contribution in [1.82, 2.24) is 25.2 Å². The number of ether oxygens (including phenoxy) is 1. The molecular weight excluding hydrogens is 424 g/mol. The lowest BCUT2D eigenvalue weighted by molar-refractivity contribution is 0.0259. The Labute approximate surface area is 191 Å². The van der Waals surface area contributed by atoms with Crippen LogP contribution < -0.4 is 5.32 Å². The number of amides is 2. The predicted molar refractivity (Wildman–Crippen MR) is 121 cm³/mol. The third-order valence-electron chi connectivity index (χ3n) is 5.73. The third-order valence-corrected chi connectivity index (χ3v) is 5.73. The Morgan fingerprint density at radius 3 is 2.67 bits per heavy atom. The van der Waals surface area contributed by atoms with Gasteiger partial charge in [-0.25, -0.2) is 4.79 Å². The molecule has 2 aromatic heterocycles. The molecule has 33 heavy (non-hydrogen) atoms. The molecule has 0 saturated carbocycles. The van der Waals surface area contributed by atoms with E-state index in [1.165, 1.54) is 0 Å². The van der Waals surface area contributed by atoms with E-state index < -0.39 is 23.6 Å². The van der Waals surface area contributed by atoms with Crippen LogP contribution in [0.2, 0.25) is 0 Å². The van der Waals surface area contributed by atoms with Crippen molar-refractivity contribution in [2.45, 2.75) is 39.0 Å². The van der Waals surface area contributed by atoms with E-state index >= 15 is 0 Å². The molecule has 1 aromatic carbocycles. The average molecular weight is 453 g/mol. The zero-order chi connectivity index (χ0) is 23.8. The number of benzene rings is 1. The van der Waals surface area contributed by atoms with E-state index in [1.807, 2.05) is 63.2 Å². The summed E-state index contributed by atoms with van der Waals surface area (Å²) < 4.78 is 10.9. The molecule has 3 aromatic rings. The Balaban J connectivity index is 1.52. The fourth-order valence-electron chi connectivity index (χ4n) is 3.95. The number of hydrogen-bond acceptors (Lipinski definition) is 7. The molecule has 174 valence electrons. The summed E-state index contributed by atoms with van der Waals surface area (Å²) in [5.41, 5.74) is 1.86. The molecule has 3 heterocycles. The van der Waals surface area contributed by atoms with Crippen LogP contribution in [0.4, 0.5) is 10.6 Å². The highest BCUT2D eigenvalue weighted by molar-refractivity contribution is 6.02. The maximum atomic E-state index is 13.3. The zero-order valence-corrected chi connectivity index (χ0v) is 19.4. The topological polar surface area (TPSA) is 117 Å². The van der Waals surface area contributed by atoms with Crippen LogP contribution in [-0.4, -0.2) is 57.8 Å². The maximum absolute atomic E-state index is 13.3. The van der Waals surface area contributed by atoms with Gasteiger partial charge in [-0.05, 0) is 40.4 Å². The highest BCUT2D eigenvalue weighted by Crippen LogP contribution is 2.41. The molecule has 4 rings (SSSR count). The van der Waals surface area contributed by atoms with Crippen LogP contribution in [-0.2, 0) is 16.8 Å². The Hall–Kier alpha value is -3.66. The van der Waals surface area contributed by atoms with Crippen molar-refractivity contribution in [2.24, 2.45) is 0 Å². The standard InChI is InChI=1S/C23H28N6O4/c1-14-11-17(27-33-14)21(30)24-20-16-12-29(23(2,3)19(16)25-26-20)22(31)32-18(13-28(4)5)15-9-7-6-8-10-15/h6-11,18H,12-13H2,1-5H3,(H2,24,25,26,30)/t18-/m1/s1. The Kier molecular flexibility index (Phi) is 5.94. The van der Waals surface area contributed by atoms with Gasteiger partial charge in [0.05, 0.1) is 17.8 Å². The molecule has 0 unspecified atom stereocenters. The van der Waals surface area contributed by atoms with Crippen molar-refractivity contribution >= 4 is 17.8 Å². The van der Waals surface area contributed by atoms with Gasteiger partial charge in [0.1, 0.15) is 11.9 Å². The molecule has 2 amide bonds. The molecule has 0 fully saturated rings. The molecule has 0 spiro atoms. The van der Waals surface area contributed by atoms with Crippen molar-refractivity contribution in [3.05, 3.63) is 64.7 Å². The van der Waals surface area contributed by atoms with Crippen molar-refractivity contribution in [1.29, 1.82) is 0 Å². The third kappa shape index (κ3) is 4.47. The van der Waals surface area contributed by atoms with Crippen LogP contribution in [0.5, 0.6) is 0 Å². The first-order valence-corrected chi connectivity index (χ1v) is 10.7. The van der Waals surface area contributed by atoms with Crippen molar-refractivity contribution in [3.8, 4) is 0 Å². The fourth-order valence-corrected chi connectivity index (χ4v) is 3.95. The molecule has 0 aliphatic carbocycles. The van der Waals surface area contributed by atoms with E-state index in [4.69, 9.17) is 9.26 Å². The Morgan fingerprint density at radius 2 is 2.03 bits per heavy atom. The lowest BCUT2D eigenvalue weighted by Crippen LogP contribution is -2.42. The van der Waals surface area contributed by atoms with Gasteiger partial charge in [-0.1, -0.05) is 35.5 Å². The number of nitrogens with zero attached hydrogens (tertiary/aromatic N) is 4. The number of aryl methyl sites for hydroxylation is 1. The van der Waals surface area contributed by atoms with Crippen LogP contribution in [0.15, 0.2) is 40.9 Å². The lowest BCUT2D eigenvalue weighted by atomic mass is 10.0. The molecule has 0 saturated heterocycles. The molecular formula is C23H28N6O4. The number of hydrogen-bond donors (Lipinski definition) is 2. The summed E-state index contributed by atoms with van der Waals surface area (Å²) in [4.78, 5) is 29.4. The van der Waals surface area contributed by atoms with Crippen molar-refractivity contribution < 1.29 is 18.8 Å². The van der Waals surface area contributed by atoms with Crippen LogP contribution in [0.3, 0.4) is 0 Å². The van der Waals surface area contributed by atoms with Crippen molar-refractivity contribution in [2.75, 3.05) is 26.0 Å². The highest BCUT2D eigenvalue weighted by atomic mass is 16.6. The second kappa shape index (κ2) is 8.70. The first-order valence-electron chi connectivity index (χ1n) is 10.7. The first-order chi connectivity index (χ1) is 15.7. The summed E-state index contributed by atoms with van der Waals surface area (Å²) in [7, 11) is 3.87. The highest BCUT2D eigenvalue weighted by Gasteiger charge is 2.45. The van der Waals surface area contributed by atoms with Gasteiger partial charge in [0, 0.05) is 18.2 Å². The van der Waals surface area contributed by atoms with E-state index in [9.17, 15) is 9.59 Å². The number of anilines is 1. The van der Waals surface area contributed by atoms with Gasteiger partial charge in [0.2, 0.25) is 0 Å². The average Bonchev–Trinajstić information content (AvgIpc) is 3.44. The van der Waals surface area contributed by atoms with Crippen molar-refractivity contribution in [3.63, 3.8) is 0 Å². The number of carbonyl (C=O) groups is 2. The summed E-state index contributed by atoms with van der Waals surface area (Å²) in [6.45, 7) is 6.33. The van der Waals surface area contributed by atoms with E-state index in [-0.39, 0.29) is 12.2 Å². The van der Waals surface area contributed by atoms with E-state index in [1.54, 1.807) is 17.9 Å². The second-order valence-corrected chi connectivity index (χ2v) is 8.89. The van der Waals surface area contributed by atoms with Crippen LogP contribution in [0, 0.1) is 6.92 Å². The van der Waals surface area contributed by atoms with Gasteiger partial charge in [-0.2, -0.15) is 5.10 Å². The molecule has 2 N–H and O–H groups in total. The quantitative estimate of drug-likeness (QED) is 0.588. The Bertz CT molecular complexity index is 1150. The summed E-state index contributed by atoms with van der Waals surface area (Å²) in [6.07, 6.45) is -0.860. The molecule has 1 aliphatic heterocycles. The second-order valence-electron chi connectivity index (χ2n) is 8.89. The molecule has 10 nitrogen and oxygen atoms in total. The number of H-pyrrole nitrogens is 1. The van der Waals surface area contributed by atoms with E-state index in [0.29, 0.717) is 18.1 Å². The molecule has 1 aliphatic rings. The molecule has 0 radical (unpaired) electrons. The number of aromatic nitrogens is 3. The number of nitrogens with one attached hydrogen (secondary N) is 2. The minimum atomic E-state index is -0.702. The van der Waals surface area contributed by atoms with Crippen LogP contribution in [0.1, 0.15) is 53.0 Å². The SMILES string of the molecule is Cc1cc(C(=O)Nc2n[nH]c3c2CN(C(=O)O[C@H](CN(C)C)c2ccccc2)C3(C)C)no1. The number of fused-ring (bicyclic) bond motifs is 1. The summed E-state index contributed by atoms with van der Waals surface area (Å²) in [6, 6.07) is 11.2. The monoisotopic (exact) mass is 452 g/mol. The summed E-state index contributed by atoms with van der Waals surface area (Å²) in [5, 5.41) is 13.7. The van der Waals surface area contributed by atoms with Gasteiger partial charge in [-0.15, -0.1) is 0 Å². The van der Waals surface area contributed by atoms with Crippen LogP contribution >= 0.6 is 0 Å². The smallest absolute Gasteiger partial charge is 0.411 e. The summed E-state index contributed by atoms with van der Waals surface area (Å²) in [5.74, 6) is 0.454. The minimum Gasteiger partial charge on any atom is -0.440 e. The minimum absolute atomic E-state index is 0.159. The molecule has 0 bridgehead atoms. The van der Waals surface area contributed by atoms with Gasteiger partial charge in [-0.3, -0.25) is 14.8 Å². The van der Waals surface area contributed by atoms with Gasteiger partial charge in [0.15, 0.2) is 11.5 Å². The number of likely N-dealkylation sites (N-methyl/N-ethyl adjacent to an activating group) is 1. The van der Waals surface area contributed by atoms with Gasteiger partial charge >= 0.3 is 6.09 Å². The fraction of sp³-hybridized carbons (Fsp3) is 0.391. The molecule has 10 heteroatoms. The number of rotatable bonds is 6. The van der Waals surface area contributed by atoms with E-state index in [0.717, 1.165) is 16.8 Å². The number of carbonyl (C=O) groups excluding carboxylic acids is 2. The lowest BCUT2D eigenvalue weighted by Gasteiger charge is -2.33. The largest absolute Gasteiger partial charge is 0.440 e.